The van der Waals surface area contributed by atoms with E-state index in [-0.39, 0.29) is 11.8 Å². The minimum Gasteiger partial charge on any atom is -0.464 e. The maximum Gasteiger partial charge on any atom is 0.253 e. The summed E-state index contributed by atoms with van der Waals surface area (Å²) in [7, 11) is 0. The lowest BCUT2D eigenvalue weighted by Crippen LogP contribution is -2.51. The first-order valence-electron chi connectivity index (χ1n) is 9.20. The minimum atomic E-state index is 0.0268. The van der Waals surface area contributed by atoms with Gasteiger partial charge in [-0.1, -0.05) is 30.3 Å². The zero-order valence-electron chi connectivity index (χ0n) is 15.4. The standard InChI is InChI=1S/C22H22N2O3/c1-16-7-8-19-18(15-27-20(19)13-16)14-21(25)23-9-11-24(12-10-23)22(26)17-5-3-2-4-6-17/h2-8,13,15H,9-12,14H2,1H3. The van der Waals surface area contributed by atoms with E-state index in [1.165, 1.54) is 0 Å². The lowest BCUT2D eigenvalue weighted by atomic mass is 10.1. The molecule has 5 nitrogen and oxygen atoms in total. The Morgan fingerprint density at radius 2 is 1.67 bits per heavy atom. The Kier molecular flexibility index (Phi) is 4.67. The van der Waals surface area contributed by atoms with Gasteiger partial charge in [-0.25, -0.2) is 0 Å². The largest absolute Gasteiger partial charge is 0.464 e. The zero-order chi connectivity index (χ0) is 18.8. The van der Waals surface area contributed by atoms with Gasteiger partial charge in [0, 0.05) is 42.7 Å². The molecule has 0 saturated carbocycles. The predicted octanol–water partition coefficient (Wildman–Crippen LogP) is 3.27. The molecule has 0 radical (unpaired) electrons. The van der Waals surface area contributed by atoms with Crippen molar-refractivity contribution in [2.45, 2.75) is 13.3 Å². The molecule has 0 spiro atoms. The third kappa shape index (κ3) is 3.58. The van der Waals surface area contributed by atoms with Crippen LogP contribution in [0.5, 0.6) is 0 Å². The van der Waals surface area contributed by atoms with Gasteiger partial charge in [0.25, 0.3) is 5.91 Å². The molecule has 1 aromatic heterocycles. The Bertz CT molecular complexity index is 970. The summed E-state index contributed by atoms with van der Waals surface area (Å²) < 4.78 is 5.59. The normalized spacial score (nSPS) is 14.6. The van der Waals surface area contributed by atoms with Crippen molar-refractivity contribution in [2.24, 2.45) is 0 Å². The van der Waals surface area contributed by atoms with Gasteiger partial charge in [0.15, 0.2) is 0 Å². The van der Waals surface area contributed by atoms with Crippen LogP contribution in [0.15, 0.2) is 59.2 Å². The second-order valence-electron chi connectivity index (χ2n) is 6.98. The lowest BCUT2D eigenvalue weighted by molar-refractivity contribution is -0.131. The fourth-order valence-corrected chi connectivity index (χ4v) is 3.52. The number of hydrogen-bond acceptors (Lipinski definition) is 3. The van der Waals surface area contributed by atoms with E-state index in [2.05, 4.69) is 0 Å². The van der Waals surface area contributed by atoms with Crippen molar-refractivity contribution < 1.29 is 14.0 Å². The molecule has 2 aromatic carbocycles. The van der Waals surface area contributed by atoms with Crippen LogP contribution in [0.4, 0.5) is 0 Å². The molecule has 3 aromatic rings. The number of aryl methyl sites for hydroxylation is 1. The van der Waals surface area contributed by atoms with Crippen LogP contribution in [0.25, 0.3) is 11.0 Å². The van der Waals surface area contributed by atoms with Crippen molar-refractivity contribution in [3.63, 3.8) is 0 Å². The number of nitrogens with zero attached hydrogens (tertiary/aromatic N) is 2. The highest BCUT2D eigenvalue weighted by Gasteiger charge is 2.25. The lowest BCUT2D eigenvalue weighted by Gasteiger charge is -2.34. The topological polar surface area (TPSA) is 53.8 Å². The summed E-state index contributed by atoms with van der Waals surface area (Å²) >= 11 is 0. The average molecular weight is 362 g/mol. The van der Waals surface area contributed by atoms with Crippen molar-refractivity contribution in [1.82, 2.24) is 9.80 Å². The van der Waals surface area contributed by atoms with Crippen LogP contribution in [0, 0.1) is 6.92 Å². The first kappa shape index (κ1) is 17.3. The SMILES string of the molecule is Cc1ccc2c(CC(=O)N3CCN(C(=O)c4ccccc4)CC3)coc2c1. The number of hydrogen-bond donors (Lipinski definition) is 0. The first-order chi connectivity index (χ1) is 13.1. The molecule has 0 aliphatic carbocycles. The molecular formula is C22H22N2O3. The molecule has 0 N–H and O–H groups in total. The van der Waals surface area contributed by atoms with Crippen molar-refractivity contribution in [3.8, 4) is 0 Å². The second-order valence-corrected chi connectivity index (χ2v) is 6.98. The molecule has 1 saturated heterocycles. The molecule has 0 bridgehead atoms. The summed E-state index contributed by atoms with van der Waals surface area (Å²) in [5.41, 5.74) is 3.56. The van der Waals surface area contributed by atoms with E-state index in [1.807, 2.05) is 65.3 Å². The Morgan fingerprint density at radius 1 is 0.963 bits per heavy atom. The summed E-state index contributed by atoms with van der Waals surface area (Å²) in [6, 6.07) is 15.3. The van der Waals surface area contributed by atoms with E-state index < -0.39 is 0 Å². The van der Waals surface area contributed by atoms with Gasteiger partial charge in [-0.05, 0) is 30.7 Å². The molecule has 0 atom stereocenters. The van der Waals surface area contributed by atoms with Gasteiger partial charge >= 0.3 is 0 Å². The molecule has 138 valence electrons. The highest BCUT2D eigenvalue weighted by atomic mass is 16.3. The van der Waals surface area contributed by atoms with E-state index in [1.54, 1.807) is 6.26 Å². The highest BCUT2D eigenvalue weighted by Crippen LogP contribution is 2.23. The maximum absolute atomic E-state index is 12.7. The maximum atomic E-state index is 12.7. The Morgan fingerprint density at radius 3 is 2.41 bits per heavy atom. The third-order valence-corrected chi connectivity index (χ3v) is 5.09. The predicted molar refractivity (Wildman–Crippen MR) is 104 cm³/mol. The summed E-state index contributed by atoms with van der Waals surface area (Å²) in [5, 5.41) is 0.992. The van der Waals surface area contributed by atoms with E-state index in [0.717, 1.165) is 22.1 Å². The number of benzene rings is 2. The fourth-order valence-electron chi connectivity index (χ4n) is 3.52. The van der Waals surface area contributed by atoms with Gasteiger partial charge in [0.1, 0.15) is 5.58 Å². The number of fused-ring (bicyclic) bond motifs is 1. The zero-order valence-corrected chi connectivity index (χ0v) is 15.4. The van der Waals surface area contributed by atoms with E-state index in [9.17, 15) is 9.59 Å². The van der Waals surface area contributed by atoms with Crippen molar-refractivity contribution in [2.75, 3.05) is 26.2 Å². The Hall–Kier alpha value is -3.08. The molecule has 0 unspecified atom stereocenters. The third-order valence-electron chi connectivity index (χ3n) is 5.09. The van der Waals surface area contributed by atoms with Gasteiger partial charge in [-0.15, -0.1) is 0 Å². The van der Waals surface area contributed by atoms with Crippen LogP contribution in [-0.4, -0.2) is 47.8 Å². The molecule has 2 heterocycles. The molecule has 27 heavy (non-hydrogen) atoms. The Balaban J connectivity index is 1.38. The summed E-state index contributed by atoms with van der Waals surface area (Å²) in [5.74, 6) is 0.101. The second kappa shape index (κ2) is 7.27. The quantitative estimate of drug-likeness (QED) is 0.719. The summed E-state index contributed by atoms with van der Waals surface area (Å²) in [6.07, 6.45) is 2.00. The van der Waals surface area contributed by atoms with Crippen molar-refractivity contribution in [1.29, 1.82) is 0 Å². The number of furan rings is 1. The van der Waals surface area contributed by atoms with Gasteiger partial charge in [0.2, 0.25) is 5.91 Å². The van der Waals surface area contributed by atoms with Crippen molar-refractivity contribution in [3.05, 3.63) is 71.5 Å². The molecule has 5 heteroatoms. The van der Waals surface area contributed by atoms with Gasteiger partial charge in [-0.3, -0.25) is 9.59 Å². The molecule has 1 aliphatic rings. The van der Waals surface area contributed by atoms with E-state index >= 15 is 0 Å². The molecule has 1 fully saturated rings. The van der Waals surface area contributed by atoms with Gasteiger partial charge in [0.05, 0.1) is 12.7 Å². The van der Waals surface area contributed by atoms with E-state index in [4.69, 9.17) is 4.42 Å². The monoisotopic (exact) mass is 362 g/mol. The number of carbonyl (C=O) groups is 2. The number of piperazine rings is 1. The summed E-state index contributed by atoms with van der Waals surface area (Å²) in [6.45, 7) is 4.26. The van der Waals surface area contributed by atoms with Crippen LogP contribution in [-0.2, 0) is 11.2 Å². The fraction of sp³-hybridized carbons (Fsp3) is 0.273. The van der Waals surface area contributed by atoms with Crippen LogP contribution in [0.1, 0.15) is 21.5 Å². The highest BCUT2D eigenvalue weighted by molar-refractivity contribution is 5.94. The van der Waals surface area contributed by atoms with Gasteiger partial charge < -0.3 is 14.2 Å². The number of carbonyl (C=O) groups excluding carboxylic acids is 2. The number of amides is 2. The van der Waals surface area contributed by atoms with Crippen LogP contribution in [0.3, 0.4) is 0 Å². The van der Waals surface area contributed by atoms with Crippen LogP contribution < -0.4 is 0 Å². The molecule has 1 aliphatic heterocycles. The van der Waals surface area contributed by atoms with Crippen LogP contribution >= 0.6 is 0 Å². The van der Waals surface area contributed by atoms with Crippen LogP contribution in [0.2, 0.25) is 0 Å². The Labute approximate surface area is 158 Å². The molecule has 2 amide bonds. The first-order valence-corrected chi connectivity index (χ1v) is 9.20. The van der Waals surface area contributed by atoms with Gasteiger partial charge in [-0.2, -0.15) is 0 Å². The minimum absolute atomic E-state index is 0.0268. The average Bonchev–Trinajstić information content (AvgIpc) is 3.10. The van der Waals surface area contributed by atoms with E-state index in [0.29, 0.717) is 38.2 Å². The molecular weight excluding hydrogens is 340 g/mol. The van der Waals surface area contributed by atoms with Crippen molar-refractivity contribution >= 4 is 22.8 Å². The number of rotatable bonds is 3. The summed E-state index contributed by atoms with van der Waals surface area (Å²) in [4.78, 5) is 28.9. The smallest absolute Gasteiger partial charge is 0.253 e. The molecule has 4 rings (SSSR count).